The van der Waals surface area contributed by atoms with E-state index in [-0.39, 0.29) is 0 Å². The molecule has 1 amide bonds. The highest BCUT2D eigenvalue weighted by atomic mass is 16.6. The summed E-state index contributed by atoms with van der Waals surface area (Å²) in [7, 11) is 0. The number of allylic oxidation sites excluding steroid dienone is 1. The molecule has 25 heavy (non-hydrogen) atoms. The Morgan fingerprint density at radius 3 is 2.68 bits per heavy atom. The third-order valence-corrected chi connectivity index (χ3v) is 4.36. The molecular formula is C19H25NO5. The van der Waals surface area contributed by atoms with Gasteiger partial charge in [-0.25, -0.2) is 4.79 Å². The van der Waals surface area contributed by atoms with Crippen LogP contribution in [0.1, 0.15) is 43.0 Å². The molecule has 6 nitrogen and oxygen atoms in total. The maximum absolute atomic E-state index is 12.3. The molecule has 0 bridgehead atoms. The number of rotatable bonds is 8. The van der Waals surface area contributed by atoms with E-state index in [9.17, 15) is 19.8 Å². The average molecular weight is 347 g/mol. The SMILES string of the molecule is CCCC/C=C\C[C@H]1OC(=O)[C@@](CO)(NC(=O)c2ccccc2)[C@H]1O. The molecule has 1 heterocycles. The van der Waals surface area contributed by atoms with Gasteiger partial charge in [0, 0.05) is 12.0 Å². The monoisotopic (exact) mass is 347 g/mol. The van der Waals surface area contributed by atoms with Crippen LogP contribution < -0.4 is 5.32 Å². The fourth-order valence-electron chi connectivity index (χ4n) is 2.78. The van der Waals surface area contributed by atoms with Gasteiger partial charge in [0.2, 0.25) is 0 Å². The van der Waals surface area contributed by atoms with Gasteiger partial charge in [0.1, 0.15) is 12.2 Å². The van der Waals surface area contributed by atoms with Crippen molar-refractivity contribution < 1.29 is 24.5 Å². The largest absolute Gasteiger partial charge is 0.457 e. The summed E-state index contributed by atoms with van der Waals surface area (Å²) in [4.78, 5) is 24.6. The van der Waals surface area contributed by atoms with E-state index in [1.807, 2.05) is 12.2 Å². The van der Waals surface area contributed by atoms with Gasteiger partial charge in [-0.1, -0.05) is 50.1 Å². The molecule has 1 fully saturated rings. The van der Waals surface area contributed by atoms with Gasteiger partial charge >= 0.3 is 5.97 Å². The number of carbonyl (C=O) groups is 2. The van der Waals surface area contributed by atoms with Crippen LogP contribution in [0.5, 0.6) is 0 Å². The quantitative estimate of drug-likeness (QED) is 0.377. The van der Waals surface area contributed by atoms with Crippen molar-refractivity contribution in [2.24, 2.45) is 0 Å². The van der Waals surface area contributed by atoms with Crippen molar-refractivity contribution in [3.63, 3.8) is 0 Å². The van der Waals surface area contributed by atoms with Crippen LogP contribution in [-0.2, 0) is 9.53 Å². The molecule has 3 atom stereocenters. The predicted octanol–water partition coefficient (Wildman–Crippen LogP) is 1.57. The van der Waals surface area contributed by atoms with Crippen molar-refractivity contribution in [3.05, 3.63) is 48.0 Å². The third kappa shape index (κ3) is 4.27. The number of ether oxygens (including phenoxy) is 1. The summed E-state index contributed by atoms with van der Waals surface area (Å²) < 4.78 is 5.21. The number of aliphatic hydroxyl groups is 2. The van der Waals surface area contributed by atoms with Crippen LogP contribution in [0.15, 0.2) is 42.5 Å². The van der Waals surface area contributed by atoms with Gasteiger partial charge in [-0.3, -0.25) is 4.79 Å². The molecule has 0 aliphatic carbocycles. The van der Waals surface area contributed by atoms with Gasteiger partial charge in [0.05, 0.1) is 6.61 Å². The lowest BCUT2D eigenvalue weighted by molar-refractivity contribution is -0.147. The van der Waals surface area contributed by atoms with Crippen molar-refractivity contribution in [1.29, 1.82) is 0 Å². The van der Waals surface area contributed by atoms with Crippen LogP contribution in [0.25, 0.3) is 0 Å². The number of cyclic esters (lactones) is 1. The topological polar surface area (TPSA) is 95.9 Å². The smallest absolute Gasteiger partial charge is 0.337 e. The molecule has 136 valence electrons. The molecule has 1 saturated heterocycles. The Kier molecular flexibility index (Phi) is 6.73. The Balaban J connectivity index is 2.07. The predicted molar refractivity (Wildman–Crippen MR) is 92.9 cm³/mol. The molecule has 1 aromatic rings. The molecular weight excluding hydrogens is 322 g/mol. The number of aliphatic hydroxyl groups excluding tert-OH is 2. The molecule has 1 aromatic carbocycles. The minimum atomic E-state index is -1.84. The van der Waals surface area contributed by atoms with Gasteiger partial charge < -0.3 is 20.3 Å². The molecule has 1 aliphatic heterocycles. The van der Waals surface area contributed by atoms with E-state index in [1.54, 1.807) is 30.3 Å². The van der Waals surface area contributed by atoms with Crippen molar-refractivity contribution in [3.8, 4) is 0 Å². The van der Waals surface area contributed by atoms with Gasteiger partial charge in [0.25, 0.3) is 5.91 Å². The van der Waals surface area contributed by atoms with E-state index in [2.05, 4.69) is 12.2 Å². The zero-order valence-corrected chi connectivity index (χ0v) is 14.4. The van der Waals surface area contributed by atoms with Crippen LogP contribution in [0.2, 0.25) is 0 Å². The first-order valence-corrected chi connectivity index (χ1v) is 8.57. The van der Waals surface area contributed by atoms with Crippen molar-refractivity contribution in [1.82, 2.24) is 5.32 Å². The van der Waals surface area contributed by atoms with Crippen LogP contribution in [0.3, 0.4) is 0 Å². The summed E-state index contributed by atoms with van der Waals surface area (Å²) in [6.07, 6.45) is 5.11. The molecule has 0 saturated carbocycles. The molecule has 0 spiro atoms. The maximum atomic E-state index is 12.3. The number of esters is 1. The second kappa shape index (κ2) is 8.78. The molecule has 3 N–H and O–H groups in total. The summed E-state index contributed by atoms with van der Waals surface area (Å²) in [5, 5.41) is 22.7. The third-order valence-electron chi connectivity index (χ3n) is 4.36. The Morgan fingerprint density at radius 1 is 1.32 bits per heavy atom. The normalized spacial score (nSPS) is 26.0. The Morgan fingerprint density at radius 2 is 2.04 bits per heavy atom. The first-order chi connectivity index (χ1) is 12.0. The lowest BCUT2D eigenvalue weighted by atomic mass is 9.91. The highest BCUT2D eigenvalue weighted by molar-refractivity contribution is 5.99. The second-order valence-corrected chi connectivity index (χ2v) is 6.19. The van der Waals surface area contributed by atoms with Gasteiger partial charge in [-0.05, 0) is 18.6 Å². The Hall–Kier alpha value is -2.18. The summed E-state index contributed by atoms with van der Waals surface area (Å²) in [5.41, 5.74) is -1.51. The van der Waals surface area contributed by atoms with E-state index in [0.29, 0.717) is 12.0 Å². The minimum absolute atomic E-state index is 0.332. The van der Waals surface area contributed by atoms with E-state index in [0.717, 1.165) is 19.3 Å². The highest BCUT2D eigenvalue weighted by Gasteiger charge is 2.57. The summed E-state index contributed by atoms with van der Waals surface area (Å²) in [6, 6.07) is 8.31. The first kappa shape index (κ1) is 19.1. The molecule has 0 radical (unpaired) electrons. The lowest BCUT2D eigenvalue weighted by Gasteiger charge is -2.28. The maximum Gasteiger partial charge on any atom is 0.337 e. The zero-order valence-electron chi connectivity index (χ0n) is 14.4. The minimum Gasteiger partial charge on any atom is -0.457 e. The Labute approximate surface area is 147 Å². The molecule has 0 aromatic heterocycles. The molecule has 0 unspecified atom stereocenters. The van der Waals surface area contributed by atoms with Crippen LogP contribution in [0, 0.1) is 0 Å². The standard InChI is InChI=1S/C19H25NO5/c1-2-3-4-5-9-12-15-16(22)19(13-21,18(24)25-15)20-17(23)14-10-7-6-8-11-14/h5-11,15-16,21-22H,2-4,12-13H2,1H3,(H,20,23)/b9-5-/t15-,16+,19+/m1/s1. The van der Waals surface area contributed by atoms with Gasteiger partial charge in [-0.2, -0.15) is 0 Å². The van der Waals surface area contributed by atoms with Crippen molar-refractivity contribution in [2.75, 3.05) is 6.61 Å². The first-order valence-electron chi connectivity index (χ1n) is 8.57. The molecule has 2 rings (SSSR count). The van der Waals surface area contributed by atoms with Crippen LogP contribution in [-0.4, -0.2) is 46.4 Å². The zero-order chi connectivity index (χ0) is 18.3. The Bertz CT molecular complexity index is 616. The number of unbranched alkanes of at least 4 members (excludes halogenated alkanes) is 2. The number of hydrogen-bond donors (Lipinski definition) is 3. The number of nitrogens with one attached hydrogen (secondary N) is 1. The molecule has 6 heteroatoms. The van der Waals surface area contributed by atoms with E-state index >= 15 is 0 Å². The van der Waals surface area contributed by atoms with Crippen LogP contribution >= 0.6 is 0 Å². The summed E-state index contributed by atoms with van der Waals surface area (Å²) in [5.74, 6) is -1.37. The lowest BCUT2D eigenvalue weighted by Crippen LogP contribution is -2.62. The number of benzene rings is 1. The van der Waals surface area contributed by atoms with Crippen molar-refractivity contribution in [2.45, 2.75) is 50.4 Å². The van der Waals surface area contributed by atoms with E-state index < -0.39 is 36.2 Å². The summed E-state index contributed by atoms with van der Waals surface area (Å²) >= 11 is 0. The second-order valence-electron chi connectivity index (χ2n) is 6.19. The van der Waals surface area contributed by atoms with Gasteiger partial charge in [0.15, 0.2) is 5.54 Å². The fraction of sp³-hybridized carbons (Fsp3) is 0.474. The van der Waals surface area contributed by atoms with Crippen LogP contribution in [0.4, 0.5) is 0 Å². The van der Waals surface area contributed by atoms with Gasteiger partial charge in [-0.15, -0.1) is 0 Å². The summed E-state index contributed by atoms with van der Waals surface area (Å²) in [6.45, 7) is 1.36. The number of carbonyl (C=O) groups excluding carboxylic acids is 2. The fourth-order valence-corrected chi connectivity index (χ4v) is 2.78. The van der Waals surface area contributed by atoms with E-state index in [4.69, 9.17) is 4.74 Å². The average Bonchev–Trinajstić information content (AvgIpc) is 2.87. The number of amides is 1. The highest BCUT2D eigenvalue weighted by Crippen LogP contribution is 2.29. The molecule has 1 aliphatic rings. The number of hydrogen-bond acceptors (Lipinski definition) is 5. The van der Waals surface area contributed by atoms with Crippen molar-refractivity contribution >= 4 is 11.9 Å². The van der Waals surface area contributed by atoms with E-state index in [1.165, 1.54) is 0 Å².